The second-order valence-corrected chi connectivity index (χ2v) is 5.55. The van der Waals surface area contributed by atoms with E-state index in [1.807, 2.05) is 6.92 Å². The highest BCUT2D eigenvalue weighted by Gasteiger charge is 2.17. The van der Waals surface area contributed by atoms with Crippen LogP contribution in [-0.4, -0.2) is 10.0 Å². The SMILES string of the molecule is Cc1ccc([N+](=O)[O-])c(Oc2ccc([C@H](C)O)cc2Br)c1. The van der Waals surface area contributed by atoms with E-state index in [-0.39, 0.29) is 11.4 Å². The normalized spacial score (nSPS) is 12.0. The van der Waals surface area contributed by atoms with E-state index in [0.29, 0.717) is 10.2 Å². The quantitative estimate of drug-likeness (QED) is 0.649. The van der Waals surface area contributed by atoms with Gasteiger partial charge in [0.25, 0.3) is 0 Å². The Kier molecular flexibility index (Phi) is 4.59. The van der Waals surface area contributed by atoms with Crippen LogP contribution in [-0.2, 0) is 0 Å². The molecule has 0 radical (unpaired) electrons. The summed E-state index contributed by atoms with van der Waals surface area (Å²) in [4.78, 5) is 10.6. The summed E-state index contributed by atoms with van der Waals surface area (Å²) in [5, 5.41) is 20.6. The average molecular weight is 352 g/mol. The van der Waals surface area contributed by atoms with Crippen molar-refractivity contribution in [3.05, 3.63) is 62.1 Å². The van der Waals surface area contributed by atoms with Gasteiger partial charge in [0.15, 0.2) is 0 Å². The Morgan fingerprint density at radius 3 is 2.52 bits per heavy atom. The summed E-state index contributed by atoms with van der Waals surface area (Å²) in [5.41, 5.74) is 1.51. The molecule has 1 atom stereocenters. The van der Waals surface area contributed by atoms with Crippen molar-refractivity contribution in [3.8, 4) is 11.5 Å². The van der Waals surface area contributed by atoms with Crippen molar-refractivity contribution in [2.75, 3.05) is 0 Å². The number of aryl methyl sites for hydroxylation is 1. The molecule has 5 nitrogen and oxygen atoms in total. The van der Waals surface area contributed by atoms with Gasteiger partial charge in [-0.2, -0.15) is 0 Å². The molecular weight excluding hydrogens is 338 g/mol. The van der Waals surface area contributed by atoms with Crippen molar-refractivity contribution < 1.29 is 14.8 Å². The minimum Gasteiger partial charge on any atom is -0.449 e. The van der Waals surface area contributed by atoms with Crippen LogP contribution in [0.3, 0.4) is 0 Å². The third kappa shape index (κ3) is 3.59. The van der Waals surface area contributed by atoms with E-state index in [1.54, 1.807) is 37.3 Å². The van der Waals surface area contributed by atoms with E-state index in [4.69, 9.17) is 4.74 Å². The Morgan fingerprint density at radius 1 is 1.24 bits per heavy atom. The molecule has 0 unspecified atom stereocenters. The van der Waals surface area contributed by atoms with Crippen molar-refractivity contribution in [1.82, 2.24) is 0 Å². The predicted molar refractivity (Wildman–Crippen MR) is 82.7 cm³/mol. The Balaban J connectivity index is 2.38. The fourth-order valence-corrected chi connectivity index (χ4v) is 2.31. The van der Waals surface area contributed by atoms with Gasteiger partial charge in [0.2, 0.25) is 5.75 Å². The van der Waals surface area contributed by atoms with Crippen LogP contribution in [0.1, 0.15) is 24.2 Å². The lowest BCUT2D eigenvalue weighted by Crippen LogP contribution is -1.96. The molecule has 0 heterocycles. The molecule has 2 aromatic rings. The summed E-state index contributed by atoms with van der Waals surface area (Å²) >= 11 is 3.35. The molecule has 0 amide bonds. The molecule has 0 spiro atoms. The lowest BCUT2D eigenvalue weighted by Gasteiger charge is -2.11. The molecular formula is C15H14BrNO4. The second kappa shape index (κ2) is 6.24. The molecule has 0 aliphatic rings. The van der Waals surface area contributed by atoms with E-state index < -0.39 is 11.0 Å². The summed E-state index contributed by atoms with van der Waals surface area (Å²) in [6.07, 6.45) is -0.594. The van der Waals surface area contributed by atoms with Crippen molar-refractivity contribution in [2.24, 2.45) is 0 Å². The van der Waals surface area contributed by atoms with Crippen LogP contribution >= 0.6 is 15.9 Å². The number of halogens is 1. The van der Waals surface area contributed by atoms with Gasteiger partial charge in [-0.05, 0) is 59.1 Å². The number of hydrogen-bond acceptors (Lipinski definition) is 4. The second-order valence-electron chi connectivity index (χ2n) is 4.70. The Labute approximate surface area is 130 Å². The van der Waals surface area contributed by atoms with Crippen molar-refractivity contribution in [1.29, 1.82) is 0 Å². The van der Waals surface area contributed by atoms with E-state index in [0.717, 1.165) is 11.1 Å². The fraction of sp³-hybridized carbons (Fsp3) is 0.200. The molecule has 6 heteroatoms. The van der Waals surface area contributed by atoms with Gasteiger partial charge in [0.05, 0.1) is 15.5 Å². The van der Waals surface area contributed by atoms with Crippen molar-refractivity contribution in [2.45, 2.75) is 20.0 Å². The number of nitrogens with zero attached hydrogens (tertiary/aromatic N) is 1. The van der Waals surface area contributed by atoms with Crippen molar-refractivity contribution in [3.63, 3.8) is 0 Å². The average Bonchev–Trinajstić information content (AvgIpc) is 2.40. The number of aliphatic hydroxyl groups is 1. The first-order valence-corrected chi connectivity index (χ1v) is 7.08. The monoisotopic (exact) mass is 351 g/mol. The first kappa shape index (κ1) is 15.5. The highest BCUT2D eigenvalue weighted by molar-refractivity contribution is 9.10. The van der Waals surface area contributed by atoms with Crippen LogP contribution in [0.5, 0.6) is 11.5 Å². The zero-order valence-electron chi connectivity index (χ0n) is 11.5. The molecule has 2 rings (SSSR count). The van der Waals surface area contributed by atoms with Crippen LogP contribution in [0.25, 0.3) is 0 Å². The topological polar surface area (TPSA) is 72.6 Å². The van der Waals surface area contributed by atoms with E-state index >= 15 is 0 Å². The van der Waals surface area contributed by atoms with E-state index in [1.165, 1.54) is 6.07 Å². The standard InChI is InChI=1S/C15H14BrNO4/c1-9-3-5-13(17(19)20)15(7-9)21-14-6-4-11(10(2)18)8-12(14)16/h3-8,10,18H,1-2H3/t10-/m0/s1. The third-order valence-electron chi connectivity index (χ3n) is 2.97. The first-order valence-electron chi connectivity index (χ1n) is 6.29. The van der Waals surface area contributed by atoms with Gasteiger partial charge in [-0.15, -0.1) is 0 Å². The Hall–Kier alpha value is -1.92. The summed E-state index contributed by atoms with van der Waals surface area (Å²) in [5.74, 6) is 0.638. The number of rotatable bonds is 4. The minimum absolute atomic E-state index is 0.0906. The van der Waals surface area contributed by atoms with Crippen LogP contribution in [0.4, 0.5) is 5.69 Å². The molecule has 0 aliphatic heterocycles. The number of nitro groups is 1. The number of hydrogen-bond donors (Lipinski definition) is 1. The number of benzene rings is 2. The number of ether oxygens (including phenoxy) is 1. The fourth-order valence-electron chi connectivity index (χ4n) is 1.83. The molecule has 0 aliphatic carbocycles. The summed E-state index contributed by atoms with van der Waals surface area (Å²) in [6.45, 7) is 3.50. The van der Waals surface area contributed by atoms with E-state index in [9.17, 15) is 15.2 Å². The number of nitro benzene ring substituents is 1. The summed E-state index contributed by atoms with van der Waals surface area (Å²) in [7, 11) is 0. The van der Waals surface area contributed by atoms with Crippen LogP contribution in [0.2, 0.25) is 0 Å². The molecule has 0 bridgehead atoms. The van der Waals surface area contributed by atoms with Crippen LogP contribution in [0, 0.1) is 17.0 Å². The first-order chi connectivity index (χ1) is 9.88. The largest absolute Gasteiger partial charge is 0.449 e. The van der Waals surface area contributed by atoms with Crippen LogP contribution < -0.4 is 4.74 Å². The van der Waals surface area contributed by atoms with E-state index in [2.05, 4.69) is 15.9 Å². The van der Waals surface area contributed by atoms with Crippen LogP contribution in [0.15, 0.2) is 40.9 Å². The molecule has 2 aromatic carbocycles. The lowest BCUT2D eigenvalue weighted by molar-refractivity contribution is -0.385. The zero-order chi connectivity index (χ0) is 15.6. The van der Waals surface area contributed by atoms with Gasteiger partial charge in [-0.1, -0.05) is 12.1 Å². The molecule has 110 valence electrons. The predicted octanol–water partition coefficient (Wildman–Crippen LogP) is 4.51. The van der Waals surface area contributed by atoms with Gasteiger partial charge < -0.3 is 9.84 Å². The van der Waals surface area contributed by atoms with Crippen molar-refractivity contribution >= 4 is 21.6 Å². The maximum atomic E-state index is 11.0. The Morgan fingerprint density at radius 2 is 1.95 bits per heavy atom. The third-order valence-corrected chi connectivity index (χ3v) is 3.59. The molecule has 0 saturated carbocycles. The summed E-state index contributed by atoms with van der Waals surface area (Å²) < 4.78 is 6.27. The molecule has 21 heavy (non-hydrogen) atoms. The molecule has 0 saturated heterocycles. The minimum atomic E-state index is -0.594. The maximum Gasteiger partial charge on any atom is 0.311 e. The van der Waals surface area contributed by atoms with Gasteiger partial charge in [0.1, 0.15) is 5.75 Å². The zero-order valence-corrected chi connectivity index (χ0v) is 13.1. The summed E-state index contributed by atoms with van der Waals surface area (Å²) in [6, 6.07) is 9.80. The lowest BCUT2D eigenvalue weighted by atomic mass is 10.1. The van der Waals surface area contributed by atoms with Gasteiger partial charge >= 0.3 is 5.69 Å². The van der Waals surface area contributed by atoms with Gasteiger partial charge in [-0.25, -0.2) is 0 Å². The maximum absolute atomic E-state index is 11.0. The number of aliphatic hydroxyl groups excluding tert-OH is 1. The highest BCUT2D eigenvalue weighted by atomic mass is 79.9. The Bertz CT molecular complexity index is 685. The van der Waals surface area contributed by atoms with Gasteiger partial charge in [-0.3, -0.25) is 10.1 Å². The molecule has 1 N–H and O–H groups in total. The highest BCUT2D eigenvalue weighted by Crippen LogP contribution is 2.36. The smallest absolute Gasteiger partial charge is 0.311 e. The van der Waals surface area contributed by atoms with Gasteiger partial charge in [0, 0.05) is 6.07 Å². The molecule has 0 fully saturated rings. The molecule has 0 aromatic heterocycles.